The summed E-state index contributed by atoms with van der Waals surface area (Å²) in [6.45, 7) is 12.7. The Morgan fingerprint density at radius 3 is 2.44 bits per heavy atom. The number of carbonyl (C=O) groups excluding carboxylic acids is 3. The lowest BCUT2D eigenvalue weighted by Crippen LogP contribution is -2.65. The molecule has 0 unspecified atom stereocenters. The number of aliphatic imine (C=N–C) groups is 1. The molecule has 4 N–H and O–H groups in total. The lowest BCUT2D eigenvalue weighted by molar-refractivity contribution is -0.525. The molecule has 4 fully saturated rings. The van der Waals surface area contributed by atoms with Crippen LogP contribution in [0.25, 0.3) is 0 Å². The van der Waals surface area contributed by atoms with E-state index in [1.54, 1.807) is 12.3 Å². The standard InChI is InChI=1S/C30H52BN5O7/c1-19(2)15-26(31-42-25-18-22-17-24(29(22,4)5)30(25,6)43-31)34-27(39)21(12-10-14-33-28(32)35-36(40)41)16-23(38)13-9-7-8-11-20(3)37/h19,21-22,24-26H,7-18H2,1-6H3,(H,34,39)(H3,32,33,35)/t21-,22-,24-,25-,26+,30+/m1/s1. The van der Waals surface area contributed by atoms with Crippen LogP contribution in [0.5, 0.6) is 0 Å². The Kier molecular flexibility index (Phi) is 12.2. The third-order valence-electron chi connectivity index (χ3n) is 9.88. The first-order valence-corrected chi connectivity index (χ1v) is 16.0. The fraction of sp³-hybridized carbons (Fsp3) is 0.867. The number of hydrogen-bond acceptors (Lipinski definition) is 8. The van der Waals surface area contributed by atoms with E-state index in [0.29, 0.717) is 50.4 Å². The molecule has 0 aromatic rings. The number of nitro groups is 1. The maximum atomic E-state index is 13.7. The van der Waals surface area contributed by atoms with Crippen molar-refractivity contribution < 1.29 is 28.7 Å². The third-order valence-corrected chi connectivity index (χ3v) is 9.88. The number of hydrogen-bond donors (Lipinski definition) is 3. The quantitative estimate of drug-likeness (QED) is 0.0524. The predicted octanol–water partition coefficient (Wildman–Crippen LogP) is 3.78. The molecule has 242 valence electrons. The highest BCUT2D eigenvalue weighted by molar-refractivity contribution is 6.47. The van der Waals surface area contributed by atoms with Gasteiger partial charge in [-0.05, 0) is 82.0 Å². The second-order valence-electron chi connectivity index (χ2n) is 14.1. The molecular weight excluding hydrogens is 553 g/mol. The van der Waals surface area contributed by atoms with Gasteiger partial charge in [0.15, 0.2) is 5.03 Å². The number of nitrogens with zero attached hydrogens (tertiary/aromatic N) is 2. The number of carbonyl (C=O) groups is 3. The van der Waals surface area contributed by atoms with Crippen LogP contribution in [0.3, 0.4) is 0 Å². The van der Waals surface area contributed by atoms with E-state index >= 15 is 0 Å². The summed E-state index contributed by atoms with van der Waals surface area (Å²) in [6, 6.07) is 0. The highest BCUT2D eigenvalue weighted by atomic mass is 16.7. The first-order valence-electron chi connectivity index (χ1n) is 16.0. The van der Waals surface area contributed by atoms with Gasteiger partial charge in [0.1, 0.15) is 11.6 Å². The molecule has 1 heterocycles. The van der Waals surface area contributed by atoms with Crippen molar-refractivity contribution in [1.82, 2.24) is 10.7 Å². The van der Waals surface area contributed by atoms with E-state index in [9.17, 15) is 24.5 Å². The lowest BCUT2D eigenvalue weighted by Gasteiger charge is -2.64. The molecule has 0 spiro atoms. The Bertz CT molecular complexity index is 1050. The molecule has 4 aliphatic rings. The van der Waals surface area contributed by atoms with Gasteiger partial charge in [-0.3, -0.25) is 9.59 Å². The molecule has 43 heavy (non-hydrogen) atoms. The largest absolute Gasteiger partial charge is 0.481 e. The Hall–Kier alpha value is -2.54. The summed E-state index contributed by atoms with van der Waals surface area (Å²) in [7, 11) is -0.563. The molecule has 0 aromatic carbocycles. The van der Waals surface area contributed by atoms with Crippen LogP contribution in [0.1, 0.15) is 112 Å². The number of hydrazine groups is 1. The molecule has 1 amide bonds. The number of Topliss-reactive ketones (excluding diaryl/α,β-unsaturated/α-hetero) is 2. The van der Waals surface area contributed by atoms with Crippen molar-refractivity contribution in [3.05, 3.63) is 10.1 Å². The van der Waals surface area contributed by atoms with Gasteiger partial charge in [0.2, 0.25) is 5.91 Å². The van der Waals surface area contributed by atoms with E-state index in [-0.39, 0.29) is 59.8 Å². The number of amides is 1. The lowest BCUT2D eigenvalue weighted by atomic mass is 9.43. The van der Waals surface area contributed by atoms with Gasteiger partial charge in [0.25, 0.3) is 5.96 Å². The highest BCUT2D eigenvalue weighted by Gasteiger charge is 2.68. The van der Waals surface area contributed by atoms with Gasteiger partial charge in [-0.1, -0.05) is 39.5 Å². The van der Waals surface area contributed by atoms with E-state index in [1.807, 2.05) is 0 Å². The molecule has 2 bridgehead atoms. The zero-order valence-electron chi connectivity index (χ0n) is 26.9. The molecule has 4 rings (SSSR count). The van der Waals surface area contributed by atoms with Gasteiger partial charge in [-0.2, -0.15) is 0 Å². The smallest absolute Gasteiger partial charge is 0.404 e. The summed E-state index contributed by atoms with van der Waals surface area (Å²) >= 11 is 0. The predicted molar refractivity (Wildman–Crippen MR) is 164 cm³/mol. The molecule has 1 saturated heterocycles. The maximum Gasteiger partial charge on any atom is 0.481 e. The van der Waals surface area contributed by atoms with Crippen molar-refractivity contribution in [2.45, 2.75) is 130 Å². The molecule has 1 aliphatic heterocycles. The van der Waals surface area contributed by atoms with E-state index in [1.165, 1.54) is 0 Å². The van der Waals surface area contributed by atoms with Gasteiger partial charge in [-0.25, -0.2) is 15.1 Å². The van der Waals surface area contributed by atoms with Gasteiger partial charge >= 0.3 is 7.12 Å². The summed E-state index contributed by atoms with van der Waals surface area (Å²) in [6.07, 6.45) is 6.71. The number of ketones is 2. The van der Waals surface area contributed by atoms with E-state index < -0.39 is 23.7 Å². The summed E-state index contributed by atoms with van der Waals surface area (Å²) in [4.78, 5) is 52.4. The van der Waals surface area contributed by atoms with E-state index in [0.717, 1.165) is 25.7 Å². The van der Waals surface area contributed by atoms with Crippen molar-refractivity contribution in [2.24, 2.45) is 39.8 Å². The van der Waals surface area contributed by atoms with Crippen molar-refractivity contribution in [3.8, 4) is 0 Å². The van der Waals surface area contributed by atoms with E-state index in [2.05, 4.69) is 44.9 Å². The van der Waals surface area contributed by atoms with Gasteiger partial charge < -0.3 is 25.2 Å². The van der Waals surface area contributed by atoms with Crippen LogP contribution >= 0.6 is 0 Å². The molecule has 0 radical (unpaired) electrons. The van der Waals surface area contributed by atoms with Crippen molar-refractivity contribution in [2.75, 3.05) is 6.54 Å². The first-order chi connectivity index (χ1) is 20.1. The van der Waals surface area contributed by atoms with Gasteiger partial charge in [0, 0.05) is 31.7 Å². The number of unbranched alkanes of at least 4 members (excludes halogenated alkanes) is 2. The minimum atomic E-state index is -0.785. The van der Waals surface area contributed by atoms with Gasteiger partial charge in [0.05, 0.1) is 17.6 Å². The summed E-state index contributed by atoms with van der Waals surface area (Å²) in [5, 5.41) is 13.0. The Morgan fingerprint density at radius 1 is 1.12 bits per heavy atom. The molecule has 0 aromatic heterocycles. The number of rotatable bonds is 18. The van der Waals surface area contributed by atoms with Crippen LogP contribution < -0.4 is 16.5 Å². The topological polar surface area (TPSA) is 175 Å². The minimum absolute atomic E-state index is 0.00249. The summed E-state index contributed by atoms with van der Waals surface area (Å²) < 4.78 is 13.2. The Morgan fingerprint density at radius 2 is 1.81 bits per heavy atom. The second-order valence-corrected chi connectivity index (χ2v) is 14.1. The SMILES string of the molecule is CC(=O)CCCCCC(=O)C[C@@H](CCCN=C(N)N[N+](=O)[O-])C(=O)N[C@@H](CC(C)C)B1O[C@@H]2C[C@H]3C[C@H](C3(C)C)[C@]2(C)O1. The monoisotopic (exact) mass is 605 g/mol. The Labute approximate surface area is 256 Å². The maximum absolute atomic E-state index is 13.7. The van der Waals surface area contributed by atoms with Crippen LogP contribution in [0.4, 0.5) is 0 Å². The number of guanidine groups is 1. The third kappa shape index (κ3) is 9.23. The fourth-order valence-corrected chi connectivity index (χ4v) is 7.36. The van der Waals surface area contributed by atoms with Crippen LogP contribution in [-0.2, 0) is 23.7 Å². The highest BCUT2D eigenvalue weighted by Crippen LogP contribution is 2.65. The molecular formula is C30H52BN5O7. The number of nitrogens with two attached hydrogens (primary N) is 1. The van der Waals surface area contributed by atoms with Crippen LogP contribution in [-0.4, -0.2) is 59.8 Å². The first kappa shape index (κ1) is 34.9. The van der Waals surface area contributed by atoms with E-state index in [4.69, 9.17) is 15.0 Å². The van der Waals surface area contributed by atoms with Gasteiger partial charge in [-0.15, -0.1) is 0 Å². The number of nitrogens with one attached hydrogen (secondary N) is 2. The molecule has 13 heteroatoms. The van der Waals surface area contributed by atoms with Crippen LogP contribution in [0, 0.1) is 39.2 Å². The van der Waals surface area contributed by atoms with Crippen molar-refractivity contribution in [1.29, 1.82) is 0 Å². The molecule has 6 atom stereocenters. The van der Waals surface area contributed by atoms with Crippen LogP contribution in [0.15, 0.2) is 4.99 Å². The average Bonchev–Trinajstić information content (AvgIpc) is 3.26. The Balaban J connectivity index is 1.65. The zero-order valence-corrected chi connectivity index (χ0v) is 26.9. The molecule has 3 saturated carbocycles. The molecule has 12 nitrogen and oxygen atoms in total. The second kappa shape index (κ2) is 15.0. The van der Waals surface area contributed by atoms with Crippen molar-refractivity contribution in [3.63, 3.8) is 0 Å². The zero-order chi connectivity index (χ0) is 31.9. The average molecular weight is 606 g/mol. The molecule has 3 aliphatic carbocycles. The summed E-state index contributed by atoms with van der Waals surface area (Å²) in [5.41, 5.74) is 7.14. The normalized spacial score (nSPS) is 27.2. The summed E-state index contributed by atoms with van der Waals surface area (Å²) in [5.74, 6) is -0.0599. The fourth-order valence-electron chi connectivity index (χ4n) is 7.36. The minimum Gasteiger partial charge on any atom is -0.404 e. The van der Waals surface area contributed by atoms with Crippen molar-refractivity contribution >= 4 is 30.6 Å². The van der Waals surface area contributed by atoms with Crippen LogP contribution in [0.2, 0.25) is 0 Å².